The number of fused-ring (bicyclic) bond motifs is 3. The van der Waals surface area contributed by atoms with Gasteiger partial charge in [-0.15, -0.1) is 0 Å². The molecule has 0 saturated heterocycles. The van der Waals surface area contributed by atoms with E-state index in [2.05, 4.69) is 85.8 Å². The van der Waals surface area contributed by atoms with E-state index in [0.29, 0.717) is 5.56 Å². The number of aryl methyl sites for hydroxylation is 1. The van der Waals surface area contributed by atoms with Crippen LogP contribution in [0.1, 0.15) is 15.9 Å². The Morgan fingerprint density at radius 2 is 1.10 bits per heavy atom. The van der Waals surface area contributed by atoms with E-state index < -0.39 is 0 Å². The second-order valence-electron chi connectivity index (χ2n) is 10.1. The molecule has 0 aliphatic carbocycles. The molecule has 0 saturated carbocycles. The molecular weight excluding hydrogens is 500 g/mol. The minimum absolute atomic E-state index is 0.692. The van der Waals surface area contributed by atoms with Gasteiger partial charge in [0.15, 0.2) is 6.29 Å². The van der Waals surface area contributed by atoms with Crippen LogP contribution in [0.3, 0.4) is 0 Å². The second kappa shape index (κ2) is 11.5. The molecule has 0 aliphatic heterocycles. The third kappa shape index (κ3) is 5.20. The number of hydrogen-bond acceptors (Lipinski definition) is 2. The quantitative estimate of drug-likeness (QED) is 0.212. The first-order valence-electron chi connectivity index (χ1n) is 13.7. The SMILES string of the molecule is COc1cccc(-c2c(C=O)ccc3ccccc23)c1.Cc1ccc2ccccc2c1-c1ccc2ccccc2c1. The molecule has 2 nitrogen and oxygen atoms in total. The molecule has 0 bridgehead atoms. The molecule has 0 heterocycles. The Balaban J connectivity index is 0.000000148. The van der Waals surface area contributed by atoms with Crippen molar-refractivity contribution in [2.24, 2.45) is 0 Å². The topological polar surface area (TPSA) is 26.3 Å². The number of aldehydes is 1. The van der Waals surface area contributed by atoms with Crippen molar-refractivity contribution in [2.45, 2.75) is 6.92 Å². The second-order valence-corrected chi connectivity index (χ2v) is 10.1. The number of carbonyl (C=O) groups excluding carboxylic acids is 1. The predicted molar refractivity (Wildman–Crippen MR) is 173 cm³/mol. The van der Waals surface area contributed by atoms with Crippen LogP contribution >= 0.6 is 0 Å². The van der Waals surface area contributed by atoms with E-state index in [1.54, 1.807) is 7.11 Å². The highest BCUT2D eigenvalue weighted by atomic mass is 16.5. The summed E-state index contributed by atoms with van der Waals surface area (Å²) < 4.78 is 5.27. The number of benzene rings is 7. The molecule has 0 spiro atoms. The van der Waals surface area contributed by atoms with E-state index in [1.165, 1.54) is 38.2 Å². The summed E-state index contributed by atoms with van der Waals surface area (Å²) in [6, 6.07) is 48.0. The normalized spacial score (nSPS) is 10.8. The fourth-order valence-corrected chi connectivity index (χ4v) is 5.60. The summed E-state index contributed by atoms with van der Waals surface area (Å²) in [6.07, 6.45) is 0.904. The number of hydrogen-bond donors (Lipinski definition) is 0. The Labute approximate surface area is 240 Å². The van der Waals surface area contributed by atoms with Gasteiger partial charge in [0.1, 0.15) is 5.75 Å². The number of methoxy groups -OCH3 is 1. The molecule has 0 atom stereocenters. The number of ether oxygens (including phenoxy) is 1. The van der Waals surface area contributed by atoms with Gasteiger partial charge in [-0.2, -0.15) is 0 Å². The van der Waals surface area contributed by atoms with E-state index in [-0.39, 0.29) is 0 Å². The highest BCUT2D eigenvalue weighted by Gasteiger charge is 2.10. The lowest BCUT2D eigenvalue weighted by atomic mass is 9.93. The summed E-state index contributed by atoms with van der Waals surface area (Å²) in [5, 5.41) is 7.40. The average molecular weight is 531 g/mol. The molecule has 0 N–H and O–H groups in total. The van der Waals surface area contributed by atoms with Crippen molar-refractivity contribution >= 4 is 38.6 Å². The molecule has 198 valence electrons. The minimum Gasteiger partial charge on any atom is -0.497 e. The lowest BCUT2D eigenvalue weighted by molar-refractivity contribution is 0.112. The number of rotatable bonds is 4. The molecule has 0 aliphatic rings. The average Bonchev–Trinajstić information content (AvgIpc) is 3.04. The number of carbonyl (C=O) groups is 1. The summed E-state index contributed by atoms with van der Waals surface area (Å²) in [5.74, 6) is 0.785. The van der Waals surface area contributed by atoms with Crippen LogP contribution in [0.4, 0.5) is 0 Å². The zero-order chi connectivity index (χ0) is 28.2. The van der Waals surface area contributed by atoms with E-state index in [0.717, 1.165) is 33.9 Å². The van der Waals surface area contributed by atoms with Crippen molar-refractivity contribution in [3.05, 3.63) is 151 Å². The van der Waals surface area contributed by atoms with E-state index >= 15 is 0 Å². The van der Waals surface area contributed by atoms with Crippen molar-refractivity contribution in [1.29, 1.82) is 0 Å². The molecule has 7 aromatic rings. The molecule has 7 rings (SSSR count). The van der Waals surface area contributed by atoms with Crippen molar-refractivity contribution in [3.63, 3.8) is 0 Å². The summed E-state index contributed by atoms with van der Waals surface area (Å²) in [4.78, 5) is 11.4. The Hall–Kier alpha value is -5.21. The molecule has 0 aromatic heterocycles. The van der Waals surface area contributed by atoms with Gasteiger partial charge in [0.05, 0.1) is 7.11 Å². The van der Waals surface area contributed by atoms with Crippen molar-refractivity contribution in [2.75, 3.05) is 7.11 Å². The van der Waals surface area contributed by atoms with Gasteiger partial charge in [0, 0.05) is 11.1 Å². The standard InChI is InChI=1S/C21H16.C18H14O2/c1-15-10-11-17-7-4-5-9-20(17)21(15)19-13-12-16-6-2-3-8-18(16)14-19;1-20-16-7-4-6-14(11-16)18-15(12-19)10-9-13-5-2-3-8-17(13)18/h2-14H,1H3;2-12H,1H3. The first-order valence-corrected chi connectivity index (χ1v) is 13.7. The maximum Gasteiger partial charge on any atom is 0.150 e. The summed E-state index contributed by atoms with van der Waals surface area (Å²) in [5.41, 5.74) is 6.60. The summed E-state index contributed by atoms with van der Waals surface area (Å²) in [6.45, 7) is 2.19. The van der Waals surface area contributed by atoms with Crippen LogP contribution in [0.5, 0.6) is 5.75 Å². The molecule has 0 unspecified atom stereocenters. The Kier molecular flexibility index (Phi) is 7.30. The molecule has 41 heavy (non-hydrogen) atoms. The lowest BCUT2D eigenvalue weighted by Gasteiger charge is -2.11. The van der Waals surface area contributed by atoms with Crippen LogP contribution < -0.4 is 4.74 Å². The van der Waals surface area contributed by atoms with Crippen LogP contribution in [-0.2, 0) is 0 Å². The van der Waals surface area contributed by atoms with E-state index in [9.17, 15) is 4.79 Å². The monoisotopic (exact) mass is 530 g/mol. The van der Waals surface area contributed by atoms with Crippen molar-refractivity contribution < 1.29 is 9.53 Å². The Bertz CT molecular complexity index is 2020. The van der Waals surface area contributed by atoms with E-state index in [1.807, 2.05) is 60.7 Å². The third-order valence-electron chi connectivity index (χ3n) is 7.62. The smallest absolute Gasteiger partial charge is 0.150 e. The lowest BCUT2D eigenvalue weighted by Crippen LogP contribution is -1.91. The molecule has 0 amide bonds. The van der Waals surface area contributed by atoms with Gasteiger partial charge in [-0.1, -0.05) is 121 Å². The minimum atomic E-state index is 0.692. The highest BCUT2D eigenvalue weighted by molar-refractivity contribution is 6.04. The van der Waals surface area contributed by atoms with Gasteiger partial charge in [0.2, 0.25) is 0 Å². The van der Waals surface area contributed by atoms with Crippen LogP contribution in [0.2, 0.25) is 0 Å². The van der Waals surface area contributed by atoms with Gasteiger partial charge >= 0.3 is 0 Å². The zero-order valence-corrected chi connectivity index (χ0v) is 23.2. The summed E-state index contributed by atoms with van der Waals surface area (Å²) in [7, 11) is 1.64. The maximum atomic E-state index is 11.4. The largest absolute Gasteiger partial charge is 0.497 e. The van der Waals surface area contributed by atoms with Crippen LogP contribution in [0, 0.1) is 6.92 Å². The van der Waals surface area contributed by atoms with Crippen LogP contribution in [0.25, 0.3) is 54.6 Å². The Morgan fingerprint density at radius 3 is 1.80 bits per heavy atom. The Morgan fingerprint density at radius 1 is 0.512 bits per heavy atom. The molecule has 0 radical (unpaired) electrons. The van der Waals surface area contributed by atoms with Crippen LogP contribution in [0.15, 0.2) is 140 Å². The van der Waals surface area contributed by atoms with Crippen molar-refractivity contribution in [3.8, 4) is 28.0 Å². The molecule has 7 aromatic carbocycles. The first-order chi connectivity index (χ1) is 20.2. The maximum absolute atomic E-state index is 11.4. The fourth-order valence-electron chi connectivity index (χ4n) is 5.60. The molecular formula is C39H30O2. The first kappa shape index (κ1) is 26.0. The summed E-state index contributed by atoms with van der Waals surface area (Å²) >= 11 is 0. The molecule has 0 fully saturated rings. The van der Waals surface area contributed by atoms with Crippen molar-refractivity contribution in [1.82, 2.24) is 0 Å². The van der Waals surface area contributed by atoms with E-state index in [4.69, 9.17) is 4.74 Å². The third-order valence-corrected chi connectivity index (χ3v) is 7.62. The predicted octanol–water partition coefficient (Wildman–Crippen LogP) is 10.3. The van der Waals surface area contributed by atoms with Gasteiger partial charge in [-0.05, 0) is 79.7 Å². The van der Waals surface area contributed by atoms with Gasteiger partial charge in [0.25, 0.3) is 0 Å². The van der Waals surface area contributed by atoms with Gasteiger partial charge in [-0.3, -0.25) is 4.79 Å². The highest BCUT2D eigenvalue weighted by Crippen LogP contribution is 2.34. The van der Waals surface area contributed by atoms with Gasteiger partial charge < -0.3 is 4.74 Å². The van der Waals surface area contributed by atoms with Gasteiger partial charge in [-0.25, -0.2) is 0 Å². The fraction of sp³-hybridized carbons (Fsp3) is 0.0513. The van der Waals surface area contributed by atoms with Crippen LogP contribution in [-0.4, -0.2) is 13.4 Å². The molecule has 2 heteroatoms. The zero-order valence-electron chi connectivity index (χ0n) is 23.2.